The maximum Gasteiger partial charge on any atom is 0.193 e. The second-order valence-corrected chi connectivity index (χ2v) is 6.50. The van der Waals surface area contributed by atoms with E-state index in [0.29, 0.717) is 11.5 Å². The van der Waals surface area contributed by atoms with Gasteiger partial charge in [0.25, 0.3) is 0 Å². The molecule has 19 heavy (non-hydrogen) atoms. The van der Waals surface area contributed by atoms with Crippen molar-refractivity contribution in [2.45, 2.75) is 51.0 Å². The molecular formula is C15H27N3O. The molecule has 0 bridgehead atoms. The summed E-state index contributed by atoms with van der Waals surface area (Å²) < 4.78 is 5.75. The lowest BCUT2D eigenvalue weighted by molar-refractivity contribution is -0.0372. The van der Waals surface area contributed by atoms with Gasteiger partial charge >= 0.3 is 0 Å². The van der Waals surface area contributed by atoms with Crippen molar-refractivity contribution in [2.75, 3.05) is 33.4 Å². The van der Waals surface area contributed by atoms with Gasteiger partial charge in [-0.15, -0.1) is 0 Å². The summed E-state index contributed by atoms with van der Waals surface area (Å²) in [6, 6.07) is 0.666. The van der Waals surface area contributed by atoms with E-state index in [4.69, 9.17) is 4.74 Å². The standard InChI is InChI=1S/C15H27N3O/c1-16-14(17-13-5-2-6-13)18-9-3-7-15(11-18)8-4-10-19-12-15/h13H,2-12H2,1H3,(H,16,17). The van der Waals surface area contributed by atoms with Gasteiger partial charge in [-0.1, -0.05) is 0 Å². The maximum absolute atomic E-state index is 5.75. The lowest BCUT2D eigenvalue weighted by atomic mass is 9.76. The molecule has 1 atom stereocenters. The Morgan fingerprint density at radius 2 is 2.11 bits per heavy atom. The monoisotopic (exact) mass is 265 g/mol. The van der Waals surface area contributed by atoms with E-state index in [9.17, 15) is 0 Å². The molecule has 2 heterocycles. The molecule has 0 amide bonds. The summed E-state index contributed by atoms with van der Waals surface area (Å²) in [5, 5.41) is 3.63. The lowest BCUT2D eigenvalue weighted by Crippen LogP contribution is -2.55. The van der Waals surface area contributed by atoms with Crippen LogP contribution in [0.5, 0.6) is 0 Å². The Balaban J connectivity index is 1.62. The average molecular weight is 265 g/mol. The fourth-order valence-corrected chi connectivity index (χ4v) is 3.65. The van der Waals surface area contributed by atoms with Crippen LogP contribution in [-0.2, 0) is 4.74 Å². The zero-order valence-electron chi connectivity index (χ0n) is 12.2. The second kappa shape index (κ2) is 5.70. The Morgan fingerprint density at radius 3 is 2.74 bits per heavy atom. The summed E-state index contributed by atoms with van der Waals surface area (Å²) in [7, 11) is 1.92. The van der Waals surface area contributed by atoms with Crippen LogP contribution in [0.4, 0.5) is 0 Å². The first-order valence-electron chi connectivity index (χ1n) is 7.87. The smallest absolute Gasteiger partial charge is 0.193 e. The first-order chi connectivity index (χ1) is 9.31. The second-order valence-electron chi connectivity index (χ2n) is 6.50. The van der Waals surface area contributed by atoms with Crippen LogP contribution < -0.4 is 5.32 Å². The fraction of sp³-hybridized carbons (Fsp3) is 0.933. The van der Waals surface area contributed by atoms with Crippen LogP contribution in [0.25, 0.3) is 0 Å². The summed E-state index contributed by atoms with van der Waals surface area (Å²) in [6.45, 7) is 4.17. The van der Waals surface area contributed by atoms with Gasteiger partial charge in [0.2, 0.25) is 0 Å². The molecule has 0 radical (unpaired) electrons. The van der Waals surface area contributed by atoms with Crippen LogP contribution in [0, 0.1) is 5.41 Å². The first-order valence-corrected chi connectivity index (χ1v) is 7.87. The molecule has 1 N–H and O–H groups in total. The fourth-order valence-electron chi connectivity index (χ4n) is 3.65. The van der Waals surface area contributed by atoms with Crippen molar-refractivity contribution >= 4 is 5.96 Å². The van der Waals surface area contributed by atoms with Crippen LogP contribution in [-0.4, -0.2) is 50.3 Å². The highest BCUT2D eigenvalue weighted by molar-refractivity contribution is 5.80. The van der Waals surface area contributed by atoms with Crippen molar-refractivity contribution in [3.05, 3.63) is 0 Å². The number of hydrogen-bond acceptors (Lipinski definition) is 2. The van der Waals surface area contributed by atoms with E-state index < -0.39 is 0 Å². The number of nitrogens with zero attached hydrogens (tertiary/aromatic N) is 2. The van der Waals surface area contributed by atoms with E-state index in [2.05, 4.69) is 15.2 Å². The molecule has 4 heteroatoms. The van der Waals surface area contributed by atoms with Gasteiger partial charge in [0, 0.05) is 38.2 Å². The summed E-state index contributed by atoms with van der Waals surface area (Å²) >= 11 is 0. The number of guanidine groups is 1. The molecular weight excluding hydrogens is 238 g/mol. The maximum atomic E-state index is 5.75. The zero-order chi connectivity index (χ0) is 13.1. The van der Waals surface area contributed by atoms with E-state index in [1.54, 1.807) is 0 Å². The van der Waals surface area contributed by atoms with Crippen LogP contribution in [0.2, 0.25) is 0 Å². The minimum atomic E-state index is 0.397. The van der Waals surface area contributed by atoms with Crippen molar-refractivity contribution in [3.63, 3.8) is 0 Å². The number of ether oxygens (including phenoxy) is 1. The predicted octanol–water partition coefficient (Wildman–Crippen LogP) is 2.01. The molecule has 108 valence electrons. The summed E-state index contributed by atoms with van der Waals surface area (Å²) in [6.07, 6.45) is 9.12. The van der Waals surface area contributed by atoms with Crippen molar-refractivity contribution in [2.24, 2.45) is 10.4 Å². The Morgan fingerprint density at radius 1 is 1.26 bits per heavy atom. The summed E-state index contributed by atoms with van der Waals surface area (Å²) in [5.74, 6) is 1.12. The van der Waals surface area contributed by atoms with Crippen LogP contribution >= 0.6 is 0 Å². The van der Waals surface area contributed by atoms with Crippen molar-refractivity contribution < 1.29 is 4.74 Å². The number of rotatable bonds is 1. The Hall–Kier alpha value is -0.770. The molecule has 0 aromatic carbocycles. The van der Waals surface area contributed by atoms with Gasteiger partial charge in [0.05, 0.1) is 6.61 Å². The van der Waals surface area contributed by atoms with Gasteiger partial charge < -0.3 is 15.0 Å². The van der Waals surface area contributed by atoms with E-state index in [-0.39, 0.29) is 0 Å². The lowest BCUT2D eigenvalue weighted by Gasteiger charge is -2.46. The SMILES string of the molecule is CN=C(NC1CCC1)N1CCCC2(CCCOC2)C1. The largest absolute Gasteiger partial charge is 0.381 e. The number of likely N-dealkylation sites (tertiary alicyclic amines) is 1. The molecule has 3 aliphatic rings. The van der Waals surface area contributed by atoms with Crippen LogP contribution in [0.1, 0.15) is 44.9 Å². The molecule has 0 aromatic rings. The van der Waals surface area contributed by atoms with E-state index in [1.165, 1.54) is 44.9 Å². The third-order valence-electron chi connectivity index (χ3n) is 5.02. The van der Waals surface area contributed by atoms with E-state index in [1.807, 2.05) is 7.05 Å². The molecule has 1 unspecified atom stereocenters. The van der Waals surface area contributed by atoms with Gasteiger partial charge in [-0.25, -0.2) is 0 Å². The van der Waals surface area contributed by atoms with Gasteiger partial charge in [0.15, 0.2) is 5.96 Å². The first kappa shape index (κ1) is 13.2. The Kier molecular flexibility index (Phi) is 3.96. The molecule has 0 aromatic heterocycles. The number of nitrogens with one attached hydrogen (secondary N) is 1. The van der Waals surface area contributed by atoms with Crippen molar-refractivity contribution in [1.29, 1.82) is 0 Å². The number of hydrogen-bond donors (Lipinski definition) is 1. The molecule has 2 saturated heterocycles. The topological polar surface area (TPSA) is 36.9 Å². The molecule has 1 aliphatic carbocycles. The van der Waals surface area contributed by atoms with Crippen molar-refractivity contribution in [1.82, 2.24) is 10.2 Å². The average Bonchev–Trinajstić information content (AvgIpc) is 2.39. The quantitative estimate of drug-likeness (QED) is 0.582. The van der Waals surface area contributed by atoms with Gasteiger partial charge in [-0.3, -0.25) is 4.99 Å². The van der Waals surface area contributed by atoms with E-state index >= 15 is 0 Å². The molecule has 3 fully saturated rings. The van der Waals surface area contributed by atoms with Crippen LogP contribution in [0.15, 0.2) is 4.99 Å². The molecule has 3 rings (SSSR count). The highest BCUT2D eigenvalue weighted by Gasteiger charge is 2.38. The Bertz CT molecular complexity index is 327. The highest BCUT2D eigenvalue weighted by atomic mass is 16.5. The van der Waals surface area contributed by atoms with Gasteiger partial charge in [0.1, 0.15) is 0 Å². The molecule has 2 aliphatic heterocycles. The third kappa shape index (κ3) is 2.88. The summed E-state index contributed by atoms with van der Waals surface area (Å²) in [5.41, 5.74) is 0.397. The normalized spacial score (nSPS) is 33.3. The third-order valence-corrected chi connectivity index (χ3v) is 5.02. The molecule has 1 spiro atoms. The predicted molar refractivity (Wildman–Crippen MR) is 77.4 cm³/mol. The van der Waals surface area contributed by atoms with Gasteiger partial charge in [-0.05, 0) is 44.9 Å². The van der Waals surface area contributed by atoms with Crippen molar-refractivity contribution in [3.8, 4) is 0 Å². The number of piperidine rings is 1. The van der Waals surface area contributed by atoms with Crippen LogP contribution in [0.3, 0.4) is 0 Å². The highest BCUT2D eigenvalue weighted by Crippen LogP contribution is 2.37. The molecule has 4 nitrogen and oxygen atoms in total. The van der Waals surface area contributed by atoms with E-state index in [0.717, 1.165) is 32.3 Å². The minimum Gasteiger partial charge on any atom is -0.381 e. The summed E-state index contributed by atoms with van der Waals surface area (Å²) in [4.78, 5) is 6.97. The number of aliphatic imine (C=N–C) groups is 1. The van der Waals surface area contributed by atoms with Gasteiger partial charge in [-0.2, -0.15) is 0 Å². The zero-order valence-corrected chi connectivity index (χ0v) is 12.2. The Labute approximate surface area is 116 Å². The minimum absolute atomic E-state index is 0.397. The molecule has 1 saturated carbocycles.